The predicted molar refractivity (Wildman–Crippen MR) is 81.4 cm³/mol. The molecular weight excluding hydrogens is 360 g/mol. The second-order valence-electron chi connectivity index (χ2n) is 4.09. The molecule has 0 radical (unpaired) electrons. The summed E-state index contributed by atoms with van der Waals surface area (Å²) in [7, 11) is -2.15. The Kier molecular flexibility index (Phi) is 4.76. The third-order valence-electron chi connectivity index (χ3n) is 2.61. The maximum Gasteiger partial charge on any atom is 0.238 e. The highest BCUT2D eigenvalue weighted by molar-refractivity contribution is 9.10. The van der Waals surface area contributed by atoms with Crippen LogP contribution in [0.3, 0.4) is 0 Å². The Morgan fingerprint density at radius 2 is 2.00 bits per heavy atom. The molecule has 0 spiro atoms. The lowest BCUT2D eigenvalue weighted by atomic mass is 10.2. The zero-order chi connectivity index (χ0) is 15.5. The van der Waals surface area contributed by atoms with Crippen molar-refractivity contribution in [1.29, 1.82) is 0 Å². The van der Waals surface area contributed by atoms with Crippen molar-refractivity contribution >= 4 is 31.9 Å². The first kappa shape index (κ1) is 15.7. The summed E-state index contributed by atoms with van der Waals surface area (Å²) in [5.41, 5.74) is 0.868. The van der Waals surface area contributed by atoms with Crippen LogP contribution in [0.2, 0.25) is 0 Å². The molecule has 0 unspecified atom stereocenters. The van der Waals surface area contributed by atoms with E-state index < -0.39 is 10.0 Å². The van der Waals surface area contributed by atoms with Gasteiger partial charge in [-0.05, 0) is 33.6 Å². The van der Waals surface area contributed by atoms with Crippen LogP contribution in [0.5, 0.6) is 5.88 Å². The van der Waals surface area contributed by atoms with Crippen molar-refractivity contribution in [2.24, 2.45) is 5.14 Å². The van der Waals surface area contributed by atoms with Gasteiger partial charge in [-0.2, -0.15) is 4.98 Å². The molecule has 0 aliphatic heterocycles. The third kappa shape index (κ3) is 4.13. The zero-order valence-corrected chi connectivity index (χ0v) is 13.5. The van der Waals surface area contributed by atoms with Crippen LogP contribution in [-0.2, 0) is 16.6 Å². The van der Waals surface area contributed by atoms with E-state index in [0.717, 1.165) is 5.56 Å². The number of halogens is 1. The quantitative estimate of drug-likeness (QED) is 0.823. The van der Waals surface area contributed by atoms with Crippen molar-refractivity contribution in [2.75, 3.05) is 12.4 Å². The molecule has 0 saturated carbocycles. The van der Waals surface area contributed by atoms with E-state index in [4.69, 9.17) is 9.88 Å². The first-order valence-corrected chi connectivity index (χ1v) is 8.16. The smallest absolute Gasteiger partial charge is 0.238 e. The molecule has 0 amide bonds. The standard InChI is InChI=1S/C12H13BrN4O3S/c1-20-11-10(13)7-16-12(17-11)15-6-8-2-4-9(5-3-8)21(14,18)19/h2-5,7H,6H2,1H3,(H2,14,18,19)(H,15,16,17). The van der Waals surface area contributed by atoms with Gasteiger partial charge in [-0.25, -0.2) is 18.5 Å². The van der Waals surface area contributed by atoms with Crippen LogP contribution in [0.4, 0.5) is 5.95 Å². The van der Waals surface area contributed by atoms with Gasteiger partial charge in [0.25, 0.3) is 0 Å². The lowest BCUT2D eigenvalue weighted by molar-refractivity contribution is 0.394. The molecule has 3 N–H and O–H groups in total. The highest BCUT2D eigenvalue weighted by Crippen LogP contribution is 2.22. The number of hydrogen-bond donors (Lipinski definition) is 2. The van der Waals surface area contributed by atoms with E-state index in [1.54, 1.807) is 18.3 Å². The number of nitrogens with zero attached hydrogens (tertiary/aromatic N) is 2. The molecular formula is C12H13BrN4O3S. The summed E-state index contributed by atoms with van der Waals surface area (Å²) in [5, 5.41) is 8.05. The largest absolute Gasteiger partial charge is 0.480 e. The number of primary sulfonamides is 1. The first-order chi connectivity index (χ1) is 9.90. The number of ether oxygens (including phenoxy) is 1. The van der Waals surface area contributed by atoms with Crippen LogP contribution >= 0.6 is 15.9 Å². The van der Waals surface area contributed by atoms with Crippen molar-refractivity contribution < 1.29 is 13.2 Å². The Labute approximate surface area is 130 Å². The lowest BCUT2D eigenvalue weighted by Crippen LogP contribution is -2.12. The van der Waals surface area contributed by atoms with Gasteiger partial charge in [0, 0.05) is 6.54 Å². The van der Waals surface area contributed by atoms with E-state index in [9.17, 15) is 8.42 Å². The summed E-state index contributed by atoms with van der Waals surface area (Å²) in [6.07, 6.45) is 1.58. The number of benzene rings is 1. The molecule has 1 aromatic carbocycles. The SMILES string of the molecule is COc1nc(NCc2ccc(S(N)(=O)=O)cc2)ncc1Br. The Morgan fingerprint density at radius 3 is 2.57 bits per heavy atom. The second kappa shape index (κ2) is 6.37. The van der Waals surface area contributed by atoms with E-state index in [0.29, 0.717) is 22.8 Å². The Morgan fingerprint density at radius 1 is 1.33 bits per heavy atom. The molecule has 21 heavy (non-hydrogen) atoms. The number of methoxy groups -OCH3 is 1. The molecule has 0 atom stereocenters. The normalized spacial score (nSPS) is 11.2. The van der Waals surface area contributed by atoms with E-state index in [1.807, 2.05) is 0 Å². The number of rotatable bonds is 5. The predicted octanol–water partition coefficient (Wildman–Crippen LogP) is 1.51. The summed E-state index contributed by atoms with van der Waals surface area (Å²) >= 11 is 3.27. The van der Waals surface area contributed by atoms with Crippen molar-refractivity contribution in [1.82, 2.24) is 9.97 Å². The number of aromatic nitrogens is 2. The molecule has 1 heterocycles. The molecule has 0 bridgehead atoms. The van der Waals surface area contributed by atoms with Crippen LogP contribution in [-0.4, -0.2) is 25.5 Å². The minimum absolute atomic E-state index is 0.0767. The van der Waals surface area contributed by atoms with Crippen LogP contribution in [0.1, 0.15) is 5.56 Å². The molecule has 7 nitrogen and oxygen atoms in total. The van der Waals surface area contributed by atoms with Gasteiger partial charge in [-0.3, -0.25) is 0 Å². The third-order valence-corrected chi connectivity index (χ3v) is 4.08. The number of sulfonamides is 1. The number of hydrogen-bond acceptors (Lipinski definition) is 6. The molecule has 9 heteroatoms. The van der Waals surface area contributed by atoms with Crippen molar-refractivity contribution in [3.8, 4) is 5.88 Å². The Balaban J connectivity index is 2.06. The minimum Gasteiger partial charge on any atom is -0.480 e. The fourth-order valence-corrected chi connectivity index (χ4v) is 2.43. The molecule has 0 fully saturated rings. The number of nitrogens with two attached hydrogens (primary N) is 1. The highest BCUT2D eigenvalue weighted by Gasteiger charge is 2.07. The lowest BCUT2D eigenvalue weighted by Gasteiger charge is -2.07. The average molecular weight is 373 g/mol. The van der Waals surface area contributed by atoms with E-state index in [2.05, 4.69) is 31.2 Å². The second-order valence-corrected chi connectivity index (χ2v) is 6.51. The van der Waals surface area contributed by atoms with Gasteiger partial charge >= 0.3 is 0 Å². The van der Waals surface area contributed by atoms with Crippen molar-refractivity contribution in [3.05, 3.63) is 40.5 Å². The van der Waals surface area contributed by atoms with Crippen LogP contribution in [0.15, 0.2) is 39.8 Å². The Bertz CT molecular complexity index is 735. The molecule has 2 rings (SSSR count). The summed E-state index contributed by atoms with van der Waals surface area (Å²) in [6.45, 7) is 0.440. The van der Waals surface area contributed by atoms with Crippen molar-refractivity contribution in [2.45, 2.75) is 11.4 Å². The van der Waals surface area contributed by atoms with E-state index in [1.165, 1.54) is 19.2 Å². The van der Waals surface area contributed by atoms with Gasteiger partial charge in [0.2, 0.25) is 21.9 Å². The maximum atomic E-state index is 11.1. The van der Waals surface area contributed by atoms with Crippen LogP contribution < -0.4 is 15.2 Å². The minimum atomic E-state index is -3.67. The summed E-state index contributed by atoms with van der Waals surface area (Å²) in [5.74, 6) is 0.836. The summed E-state index contributed by atoms with van der Waals surface area (Å²) in [6, 6.07) is 6.25. The fraction of sp³-hybridized carbons (Fsp3) is 0.167. The summed E-state index contributed by atoms with van der Waals surface area (Å²) in [4.78, 5) is 8.33. The molecule has 112 valence electrons. The monoisotopic (exact) mass is 372 g/mol. The van der Waals surface area contributed by atoms with Crippen LogP contribution in [0, 0.1) is 0 Å². The molecule has 0 aliphatic rings. The number of nitrogens with one attached hydrogen (secondary N) is 1. The van der Waals surface area contributed by atoms with E-state index >= 15 is 0 Å². The van der Waals surface area contributed by atoms with Gasteiger partial charge in [0.1, 0.15) is 0 Å². The van der Waals surface area contributed by atoms with Gasteiger partial charge in [0.15, 0.2) is 0 Å². The van der Waals surface area contributed by atoms with Gasteiger partial charge in [-0.15, -0.1) is 0 Å². The molecule has 1 aromatic heterocycles. The molecule has 0 aliphatic carbocycles. The van der Waals surface area contributed by atoms with Gasteiger partial charge in [0.05, 0.1) is 22.7 Å². The maximum absolute atomic E-state index is 11.1. The molecule has 0 saturated heterocycles. The van der Waals surface area contributed by atoms with E-state index in [-0.39, 0.29) is 4.90 Å². The Hall–Kier alpha value is -1.71. The highest BCUT2D eigenvalue weighted by atomic mass is 79.9. The topological polar surface area (TPSA) is 107 Å². The first-order valence-electron chi connectivity index (χ1n) is 5.82. The van der Waals surface area contributed by atoms with Gasteiger partial charge in [-0.1, -0.05) is 12.1 Å². The van der Waals surface area contributed by atoms with Crippen LogP contribution in [0.25, 0.3) is 0 Å². The fourth-order valence-electron chi connectivity index (χ4n) is 1.56. The number of anilines is 1. The van der Waals surface area contributed by atoms with Gasteiger partial charge < -0.3 is 10.1 Å². The van der Waals surface area contributed by atoms with Crippen molar-refractivity contribution in [3.63, 3.8) is 0 Å². The average Bonchev–Trinajstić information content (AvgIpc) is 2.46. The zero-order valence-electron chi connectivity index (χ0n) is 11.1. The molecule has 2 aromatic rings. The summed E-state index contributed by atoms with van der Waals surface area (Å²) < 4.78 is 28.0.